The van der Waals surface area contributed by atoms with E-state index in [0.717, 1.165) is 5.46 Å². The molecular weight excluding hydrogens is 315 g/mol. The van der Waals surface area contributed by atoms with E-state index in [1.807, 2.05) is 29.6 Å². The number of nitrogen functional groups attached to an aromatic ring is 1. The molecule has 25 heavy (non-hydrogen) atoms. The fourth-order valence-corrected chi connectivity index (χ4v) is 3.53. The van der Waals surface area contributed by atoms with Gasteiger partial charge in [-0.2, -0.15) is 0 Å². The first kappa shape index (κ1) is 17.4. The summed E-state index contributed by atoms with van der Waals surface area (Å²) in [5.74, 6) is -0.847. The molecule has 1 aromatic heterocycles. The van der Waals surface area contributed by atoms with Crippen LogP contribution < -0.4 is 22.1 Å². The number of piperidine rings is 1. The van der Waals surface area contributed by atoms with Gasteiger partial charge in [0.05, 0.1) is 10.9 Å². The number of nitrogens with one attached hydrogen (secondary N) is 1. The van der Waals surface area contributed by atoms with Crippen molar-refractivity contribution in [3.63, 3.8) is 0 Å². The molecule has 3 N–H and O–H groups in total. The standard InChI is InChI=1S/C14H18B4N4O3/c1-4-20-8-5(15)2-3-6(19)7(8)13(25)22(4)10-12(24)21-11(23)9(16)14(10,17)18/h2-3,9-10H,15-19H2,1H3,(H,21,23,24). The highest BCUT2D eigenvalue weighted by Crippen LogP contribution is 2.45. The molecule has 2 amide bonds. The van der Waals surface area contributed by atoms with Crippen LogP contribution in [0.5, 0.6) is 0 Å². The van der Waals surface area contributed by atoms with E-state index in [4.69, 9.17) is 5.73 Å². The zero-order chi connectivity index (χ0) is 18.7. The Kier molecular flexibility index (Phi) is 3.85. The molecule has 124 valence electrons. The third-order valence-electron chi connectivity index (χ3n) is 5.43. The Hall–Kier alpha value is -2.44. The van der Waals surface area contributed by atoms with Gasteiger partial charge in [0.25, 0.3) is 5.56 Å². The number of anilines is 1. The summed E-state index contributed by atoms with van der Waals surface area (Å²) in [4.78, 5) is 42.4. The maximum atomic E-state index is 13.2. The van der Waals surface area contributed by atoms with E-state index in [2.05, 4.69) is 10.3 Å². The molecule has 0 bridgehead atoms. The van der Waals surface area contributed by atoms with Gasteiger partial charge in [-0.25, -0.2) is 4.98 Å². The van der Waals surface area contributed by atoms with Crippen molar-refractivity contribution in [2.24, 2.45) is 0 Å². The number of carbonyl (C=O) groups is 2. The average Bonchev–Trinajstić information content (AvgIpc) is 2.52. The number of amides is 2. The predicted octanol–water partition coefficient (Wildman–Crippen LogP) is -4.45. The van der Waals surface area contributed by atoms with Crippen LogP contribution in [0.2, 0.25) is 11.0 Å². The number of imide groups is 1. The van der Waals surface area contributed by atoms with Crippen molar-refractivity contribution in [2.75, 3.05) is 5.73 Å². The monoisotopic (exact) mass is 334 g/mol. The minimum absolute atomic E-state index is 0.304. The van der Waals surface area contributed by atoms with Crippen molar-refractivity contribution in [1.29, 1.82) is 0 Å². The highest BCUT2D eigenvalue weighted by Gasteiger charge is 2.48. The average molecular weight is 334 g/mol. The lowest BCUT2D eigenvalue weighted by Crippen LogP contribution is -2.55. The number of hydrogen-bond donors (Lipinski definition) is 2. The van der Waals surface area contributed by atoms with Crippen molar-refractivity contribution in [3.05, 3.63) is 28.3 Å². The van der Waals surface area contributed by atoms with Crippen LogP contribution in [0.4, 0.5) is 5.69 Å². The quantitative estimate of drug-likeness (QED) is 0.311. The van der Waals surface area contributed by atoms with E-state index < -0.39 is 23.0 Å². The topological polar surface area (TPSA) is 107 Å². The fourth-order valence-electron chi connectivity index (χ4n) is 3.53. The van der Waals surface area contributed by atoms with Gasteiger partial charge < -0.3 is 5.73 Å². The van der Waals surface area contributed by atoms with Gasteiger partial charge in [0.15, 0.2) is 0 Å². The van der Waals surface area contributed by atoms with Crippen LogP contribution in [0.25, 0.3) is 10.9 Å². The van der Waals surface area contributed by atoms with Crippen molar-refractivity contribution in [1.82, 2.24) is 14.9 Å². The number of nitrogens with zero attached hydrogens (tertiary/aromatic N) is 2. The molecule has 1 saturated heterocycles. The number of hydrogen-bond acceptors (Lipinski definition) is 5. The molecule has 1 aromatic carbocycles. The van der Waals surface area contributed by atoms with Gasteiger partial charge in [0, 0.05) is 11.5 Å². The maximum Gasteiger partial charge on any atom is 0.264 e. The smallest absolute Gasteiger partial charge is 0.264 e. The van der Waals surface area contributed by atoms with Crippen LogP contribution in [0.3, 0.4) is 0 Å². The van der Waals surface area contributed by atoms with E-state index in [9.17, 15) is 14.4 Å². The summed E-state index contributed by atoms with van der Waals surface area (Å²) in [7, 11) is 7.24. The minimum atomic E-state index is -0.843. The summed E-state index contributed by atoms with van der Waals surface area (Å²) in [5.41, 5.74) is 7.36. The van der Waals surface area contributed by atoms with Crippen molar-refractivity contribution < 1.29 is 9.59 Å². The van der Waals surface area contributed by atoms with Gasteiger partial charge in [-0.15, -0.1) is 0 Å². The molecule has 1 aliphatic rings. The molecule has 2 aromatic rings. The Labute approximate surface area is 148 Å². The van der Waals surface area contributed by atoms with Gasteiger partial charge in [0.2, 0.25) is 11.8 Å². The Bertz CT molecular complexity index is 988. The van der Waals surface area contributed by atoms with Crippen molar-refractivity contribution in [3.8, 4) is 0 Å². The summed E-state index contributed by atoms with van der Waals surface area (Å²) < 4.78 is 1.37. The fraction of sp³-hybridized carbons (Fsp3) is 0.286. The molecule has 3 rings (SSSR count). The third-order valence-corrected chi connectivity index (χ3v) is 5.43. The summed E-state index contributed by atoms with van der Waals surface area (Å²) in [6, 6.07) is 2.63. The summed E-state index contributed by atoms with van der Waals surface area (Å²) in [5, 5.41) is 1.92. The van der Waals surface area contributed by atoms with E-state index in [1.54, 1.807) is 20.8 Å². The van der Waals surface area contributed by atoms with Crippen LogP contribution in [0.15, 0.2) is 16.9 Å². The Morgan fingerprint density at radius 2 is 1.88 bits per heavy atom. The van der Waals surface area contributed by atoms with E-state index in [1.165, 1.54) is 4.57 Å². The molecule has 1 fully saturated rings. The molecule has 11 heteroatoms. The molecule has 0 spiro atoms. The number of fused-ring (bicyclic) bond motifs is 1. The summed E-state index contributed by atoms with van der Waals surface area (Å²) >= 11 is 0. The lowest BCUT2D eigenvalue weighted by atomic mass is 9.39. The van der Waals surface area contributed by atoms with Crippen LogP contribution in [-0.2, 0) is 9.59 Å². The Morgan fingerprint density at radius 1 is 1.24 bits per heavy atom. The van der Waals surface area contributed by atoms with Crippen LogP contribution in [0.1, 0.15) is 11.9 Å². The van der Waals surface area contributed by atoms with Gasteiger partial charge in [-0.05, 0) is 13.0 Å². The van der Waals surface area contributed by atoms with Crippen LogP contribution >= 0.6 is 0 Å². The normalized spacial score (nSPS) is 22.8. The van der Waals surface area contributed by atoms with E-state index in [-0.39, 0.29) is 11.5 Å². The number of aromatic nitrogens is 2. The number of benzene rings is 1. The molecule has 2 heterocycles. The second-order valence-corrected chi connectivity index (χ2v) is 7.33. The summed E-state index contributed by atoms with van der Waals surface area (Å²) in [6.45, 7) is 1.69. The van der Waals surface area contributed by atoms with E-state index in [0.29, 0.717) is 22.4 Å². The number of aryl methyl sites for hydroxylation is 1. The van der Waals surface area contributed by atoms with Crippen molar-refractivity contribution >= 4 is 65.3 Å². The van der Waals surface area contributed by atoms with E-state index >= 15 is 0 Å². The first-order valence-electron chi connectivity index (χ1n) is 8.20. The molecule has 0 radical (unpaired) electrons. The molecule has 2 atom stereocenters. The highest BCUT2D eigenvalue weighted by molar-refractivity contribution is 6.50. The second-order valence-electron chi connectivity index (χ2n) is 7.33. The summed E-state index contributed by atoms with van der Waals surface area (Å²) in [6.07, 6.45) is 0. The largest absolute Gasteiger partial charge is 0.398 e. The van der Waals surface area contributed by atoms with Crippen LogP contribution in [0, 0.1) is 6.92 Å². The SMILES string of the molecule is Bc1ccc(N)c2c(=O)n(C3C(=O)NC(=O)C(B)C3(B)B)c(C)nc12. The highest BCUT2D eigenvalue weighted by atomic mass is 16.2. The lowest BCUT2D eigenvalue weighted by molar-refractivity contribution is -0.136. The van der Waals surface area contributed by atoms with Gasteiger partial charge >= 0.3 is 0 Å². The molecular formula is C14H18B4N4O3. The number of nitrogens with two attached hydrogens (primary N) is 1. The lowest BCUT2D eigenvalue weighted by Gasteiger charge is -2.43. The Morgan fingerprint density at radius 3 is 2.52 bits per heavy atom. The minimum Gasteiger partial charge on any atom is -0.398 e. The van der Waals surface area contributed by atoms with Crippen LogP contribution in [-0.4, -0.2) is 52.8 Å². The predicted molar refractivity (Wildman–Crippen MR) is 108 cm³/mol. The van der Waals surface area contributed by atoms with Gasteiger partial charge in [-0.3, -0.25) is 24.3 Å². The molecule has 7 nitrogen and oxygen atoms in total. The number of rotatable bonds is 1. The maximum absolute atomic E-state index is 13.2. The Balaban J connectivity index is 2.36. The molecule has 1 aliphatic heterocycles. The zero-order valence-corrected chi connectivity index (χ0v) is 15.0. The van der Waals surface area contributed by atoms with Gasteiger partial charge in [-0.1, -0.05) is 16.7 Å². The van der Waals surface area contributed by atoms with Crippen molar-refractivity contribution in [2.45, 2.75) is 24.0 Å². The molecule has 0 aliphatic carbocycles. The number of carbonyl (C=O) groups excluding carboxylic acids is 2. The molecule has 0 saturated carbocycles. The third kappa shape index (κ3) is 2.41. The zero-order valence-electron chi connectivity index (χ0n) is 15.0. The first-order chi connectivity index (χ1) is 11.6. The second kappa shape index (κ2) is 5.54. The first-order valence-corrected chi connectivity index (χ1v) is 8.20. The van der Waals surface area contributed by atoms with Gasteiger partial charge in [0.1, 0.15) is 43.3 Å². The molecule has 2 unspecified atom stereocenters.